The van der Waals surface area contributed by atoms with Crippen LogP contribution in [0.3, 0.4) is 0 Å². The van der Waals surface area contributed by atoms with E-state index in [-0.39, 0.29) is 0 Å². The number of rotatable bonds is 5. The second-order valence-electron chi connectivity index (χ2n) is 5.90. The number of aryl methyl sites for hydroxylation is 1. The summed E-state index contributed by atoms with van der Waals surface area (Å²) in [4.78, 5) is 0. The predicted octanol–water partition coefficient (Wildman–Crippen LogP) is 4.67. The fraction of sp³-hybridized carbons (Fsp3) is 0.368. The molecule has 0 spiro atoms. The van der Waals surface area contributed by atoms with E-state index in [1.54, 1.807) is 0 Å². The molecule has 103 valence electrons. The summed E-state index contributed by atoms with van der Waals surface area (Å²) >= 11 is 0. The van der Waals surface area contributed by atoms with Gasteiger partial charge in [0.1, 0.15) is 7.28 Å². The molecule has 2 atom stereocenters. The minimum absolute atomic E-state index is 0.595. The molecule has 20 heavy (non-hydrogen) atoms. The van der Waals surface area contributed by atoms with E-state index in [2.05, 4.69) is 83.4 Å². The van der Waals surface area contributed by atoms with Crippen LogP contribution in [-0.2, 0) is 0 Å². The molecule has 2 unspecified atom stereocenters. The smallest absolute Gasteiger partial charge is 0.0881 e. The highest BCUT2D eigenvalue weighted by Gasteiger charge is 2.12. The molecular formula is C19H24B. The molecule has 0 aliphatic heterocycles. The van der Waals surface area contributed by atoms with Gasteiger partial charge < -0.3 is 0 Å². The third-order valence-electron chi connectivity index (χ3n) is 4.19. The van der Waals surface area contributed by atoms with E-state index in [0.29, 0.717) is 11.8 Å². The van der Waals surface area contributed by atoms with E-state index in [1.807, 2.05) is 0 Å². The van der Waals surface area contributed by atoms with Crippen LogP contribution in [0.4, 0.5) is 0 Å². The van der Waals surface area contributed by atoms with Gasteiger partial charge in [0, 0.05) is 0 Å². The topological polar surface area (TPSA) is 0 Å². The summed E-state index contributed by atoms with van der Waals surface area (Å²) in [6.07, 6.45) is 1.19. The van der Waals surface area contributed by atoms with Crippen molar-refractivity contribution in [2.45, 2.75) is 45.9 Å². The molecular weight excluding hydrogens is 239 g/mol. The molecule has 0 aliphatic rings. The van der Waals surface area contributed by atoms with Crippen LogP contribution in [0.25, 0.3) is 0 Å². The fourth-order valence-corrected chi connectivity index (χ4v) is 2.71. The average molecular weight is 263 g/mol. The molecule has 0 aromatic heterocycles. The van der Waals surface area contributed by atoms with E-state index < -0.39 is 0 Å². The van der Waals surface area contributed by atoms with Crippen LogP contribution in [-0.4, -0.2) is 7.28 Å². The van der Waals surface area contributed by atoms with Gasteiger partial charge in [0.2, 0.25) is 0 Å². The van der Waals surface area contributed by atoms with Crippen LogP contribution in [0.1, 0.15) is 48.8 Å². The van der Waals surface area contributed by atoms with Crippen LogP contribution in [0, 0.1) is 6.92 Å². The number of hydrogen-bond acceptors (Lipinski definition) is 0. The first kappa shape index (κ1) is 14.9. The summed E-state index contributed by atoms with van der Waals surface area (Å²) in [5, 5.41) is 0. The largest absolute Gasteiger partial charge is 0.148 e. The van der Waals surface area contributed by atoms with Crippen molar-refractivity contribution in [3.8, 4) is 0 Å². The Morgan fingerprint density at radius 1 is 0.800 bits per heavy atom. The van der Waals surface area contributed by atoms with E-state index in [9.17, 15) is 0 Å². The first-order chi connectivity index (χ1) is 9.60. The van der Waals surface area contributed by atoms with Crippen LogP contribution in [0.5, 0.6) is 0 Å². The van der Waals surface area contributed by atoms with Crippen molar-refractivity contribution < 1.29 is 0 Å². The Morgan fingerprint density at radius 3 is 1.70 bits per heavy atom. The van der Waals surface area contributed by atoms with Gasteiger partial charge in [-0.25, -0.2) is 0 Å². The van der Waals surface area contributed by atoms with Gasteiger partial charge in [0.15, 0.2) is 0 Å². The molecule has 0 amide bonds. The van der Waals surface area contributed by atoms with Gasteiger partial charge in [-0.2, -0.15) is 0 Å². The normalized spacial score (nSPS) is 13.8. The van der Waals surface area contributed by atoms with Gasteiger partial charge in [-0.15, -0.1) is 0 Å². The van der Waals surface area contributed by atoms with Gasteiger partial charge in [-0.1, -0.05) is 80.2 Å². The summed E-state index contributed by atoms with van der Waals surface area (Å²) in [6.45, 7) is 8.88. The van der Waals surface area contributed by atoms with Crippen LogP contribution in [0.15, 0.2) is 48.5 Å². The van der Waals surface area contributed by atoms with Crippen molar-refractivity contribution in [1.29, 1.82) is 0 Å². The summed E-state index contributed by atoms with van der Waals surface area (Å²) in [6, 6.07) is 17.9. The third kappa shape index (κ3) is 3.76. The summed E-state index contributed by atoms with van der Waals surface area (Å²) < 4.78 is 0. The maximum absolute atomic E-state index is 2.33. The van der Waals surface area contributed by atoms with E-state index in [1.165, 1.54) is 28.6 Å². The highest BCUT2D eigenvalue weighted by Crippen LogP contribution is 2.29. The van der Waals surface area contributed by atoms with Gasteiger partial charge in [-0.3, -0.25) is 0 Å². The lowest BCUT2D eigenvalue weighted by molar-refractivity contribution is 0.593. The molecule has 0 saturated heterocycles. The SMILES string of the molecule is C[B]c1ccc(C(C)CC(C)c2ccc(C)cc2)cc1. The lowest BCUT2D eigenvalue weighted by Crippen LogP contribution is -2.10. The molecule has 0 bridgehead atoms. The minimum Gasteiger partial charge on any atom is -0.0881 e. The second kappa shape index (κ2) is 6.79. The molecule has 0 aliphatic carbocycles. The molecule has 0 saturated carbocycles. The van der Waals surface area contributed by atoms with Crippen molar-refractivity contribution in [2.75, 3.05) is 0 Å². The first-order valence-corrected chi connectivity index (χ1v) is 7.56. The highest BCUT2D eigenvalue weighted by atomic mass is 14.2. The van der Waals surface area contributed by atoms with Crippen LogP contribution >= 0.6 is 0 Å². The van der Waals surface area contributed by atoms with E-state index in [4.69, 9.17) is 0 Å². The lowest BCUT2D eigenvalue weighted by Gasteiger charge is -2.18. The zero-order valence-corrected chi connectivity index (χ0v) is 13.1. The lowest BCUT2D eigenvalue weighted by atomic mass is 9.73. The Hall–Kier alpha value is -1.50. The average Bonchev–Trinajstić information content (AvgIpc) is 2.48. The second-order valence-corrected chi connectivity index (χ2v) is 5.90. The number of hydrogen-bond donors (Lipinski definition) is 0. The van der Waals surface area contributed by atoms with Crippen molar-refractivity contribution >= 4 is 12.7 Å². The quantitative estimate of drug-likeness (QED) is 0.688. The maximum atomic E-state index is 2.33. The number of benzene rings is 2. The predicted molar refractivity (Wildman–Crippen MR) is 90.3 cm³/mol. The van der Waals surface area contributed by atoms with Gasteiger partial charge in [0.25, 0.3) is 0 Å². The molecule has 2 aromatic rings. The first-order valence-electron chi connectivity index (χ1n) is 7.56. The molecule has 2 aromatic carbocycles. The van der Waals surface area contributed by atoms with E-state index >= 15 is 0 Å². The van der Waals surface area contributed by atoms with Crippen LogP contribution in [0.2, 0.25) is 6.82 Å². The molecule has 0 nitrogen and oxygen atoms in total. The zero-order valence-electron chi connectivity index (χ0n) is 13.1. The maximum Gasteiger partial charge on any atom is 0.148 e. The Labute approximate surface area is 124 Å². The standard InChI is InChI=1S/C19H24B/c1-14-5-7-17(8-6-14)15(2)13-16(3)18-9-11-19(20-4)12-10-18/h5-12,15-16H,13H2,1-4H3. The Kier molecular flexibility index (Phi) is 5.06. The molecule has 0 fully saturated rings. The van der Waals surface area contributed by atoms with Crippen molar-refractivity contribution in [1.82, 2.24) is 0 Å². The van der Waals surface area contributed by atoms with Crippen molar-refractivity contribution in [2.24, 2.45) is 0 Å². The van der Waals surface area contributed by atoms with Gasteiger partial charge >= 0.3 is 0 Å². The summed E-state index contributed by atoms with van der Waals surface area (Å²) in [5.74, 6) is 1.19. The van der Waals surface area contributed by atoms with Crippen LogP contribution < -0.4 is 5.46 Å². The minimum atomic E-state index is 0.595. The van der Waals surface area contributed by atoms with Gasteiger partial charge in [0.05, 0.1) is 0 Å². The van der Waals surface area contributed by atoms with E-state index in [0.717, 1.165) is 0 Å². The van der Waals surface area contributed by atoms with Gasteiger partial charge in [-0.05, 0) is 36.3 Å². The fourth-order valence-electron chi connectivity index (χ4n) is 2.71. The van der Waals surface area contributed by atoms with Crippen molar-refractivity contribution in [3.63, 3.8) is 0 Å². The molecule has 0 N–H and O–H groups in total. The Morgan fingerprint density at radius 2 is 1.25 bits per heavy atom. The Bertz CT molecular complexity index is 525. The molecule has 0 heterocycles. The highest BCUT2D eigenvalue weighted by molar-refractivity contribution is 6.51. The Balaban J connectivity index is 2.02. The summed E-state index contributed by atoms with van der Waals surface area (Å²) in [7, 11) is 2.14. The summed E-state index contributed by atoms with van der Waals surface area (Å²) in [5.41, 5.74) is 5.52. The molecule has 2 rings (SSSR count). The van der Waals surface area contributed by atoms with Crippen molar-refractivity contribution in [3.05, 3.63) is 65.2 Å². The zero-order chi connectivity index (χ0) is 14.5. The third-order valence-corrected chi connectivity index (χ3v) is 4.19. The monoisotopic (exact) mass is 263 g/mol. The molecule has 1 radical (unpaired) electrons. The molecule has 1 heteroatoms.